The van der Waals surface area contributed by atoms with E-state index in [1.54, 1.807) is 0 Å². The molecule has 1 rings (SSSR count). The van der Waals surface area contributed by atoms with Gasteiger partial charge in [-0.15, -0.1) is 0 Å². The molecule has 0 saturated heterocycles. The Balaban J connectivity index is 2.41. The maximum Gasteiger partial charge on any atom is 0.0515 e. The van der Waals surface area contributed by atoms with E-state index >= 15 is 0 Å². The van der Waals surface area contributed by atoms with Gasteiger partial charge in [0.2, 0.25) is 0 Å². The molecule has 1 aromatic heterocycles. The average Bonchev–Trinajstić information content (AvgIpc) is 2.48. The molecule has 0 aliphatic carbocycles. The lowest BCUT2D eigenvalue weighted by molar-refractivity contribution is 0.185. The van der Waals surface area contributed by atoms with Crippen molar-refractivity contribution >= 4 is 0 Å². The van der Waals surface area contributed by atoms with Crippen LogP contribution < -0.4 is 0 Å². The molecule has 0 aromatic carbocycles. The maximum absolute atomic E-state index is 9.07. The highest BCUT2D eigenvalue weighted by Crippen LogP contribution is 2.06. The van der Waals surface area contributed by atoms with Crippen molar-refractivity contribution in [3.05, 3.63) is 24.0 Å². The van der Waals surface area contributed by atoms with Crippen LogP contribution in [0.2, 0.25) is 0 Å². The van der Waals surface area contributed by atoms with Crippen LogP contribution in [0, 0.1) is 0 Å². The van der Waals surface area contributed by atoms with Gasteiger partial charge in [-0.2, -0.15) is 0 Å². The van der Waals surface area contributed by atoms with E-state index in [1.807, 2.05) is 6.92 Å². The van der Waals surface area contributed by atoms with Crippen LogP contribution in [0.15, 0.2) is 18.5 Å². The first-order valence-electron chi connectivity index (χ1n) is 4.55. The van der Waals surface area contributed by atoms with Gasteiger partial charge in [-0.25, -0.2) is 0 Å². The fourth-order valence-corrected chi connectivity index (χ4v) is 1.21. The van der Waals surface area contributed by atoms with Crippen molar-refractivity contribution < 1.29 is 5.11 Å². The number of aromatic nitrogens is 1. The number of aryl methyl sites for hydroxylation is 2. The van der Waals surface area contributed by atoms with E-state index in [1.165, 1.54) is 5.56 Å². The highest BCUT2D eigenvalue weighted by molar-refractivity contribution is 5.10. The Morgan fingerprint density at radius 3 is 2.83 bits per heavy atom. The lowest BCUT2D eigenvalue weighted by Gasteiger charge is -2.01. The van der Waals surface area contributed by atoms with Crippen molar-refractivity contribution in [3.63, 3.8) is 0 Å². The molecule has 2 nitrogen and oxygen atoms in total. The Morgan fingerprint density at radius 2 is 2.33 bits per heavy atom. The Labute approximate surface area is 73.8 Å². The minimum atomic E-state index is -0.185. The van der Waals surface area contributed by atoms with E-state index in [4.69, 9.17) is 5.11 Å². The summed E-state index contributed by atoms with van der Waals surface area (Å²) in [6.07, 6.45) is 5.87. The Hall–Kier alpha value is -0.760. The molecule has 1 N–H and O–H groups in total. The number of hydrogen-bond donors (Lipinski definition) is 1. The number of aliphatic hydroxyl groups is 1. The minimum absolute atomic E-state index is 0.185. The van der Waals surface area contributed by atoms with Gasteiger partial charge in [0.05, 0.1) is 6.10 Å². The first-order chi connectivity index (χ1) is 5.72. The van der Waals surface area contributed by atoms with Crippen LogP contribution in [-0.2, 0) is 13.0 Å². The molecule has 1 heterocycles. The molecule has 0 aliphatic heterocycles. The number of nitrogens with zero attached hydrogens (tertiary/aromatic N) is 1. The van der Waals surface area contributed by atoms with Gasteiger partial charge in [-0.3, -0.25) is 0 Å². The van der Waals surface area contributed by atoms with Gasteiger partial charge in [-0.1, -0.05) is 0 Å². The lowest BCUT2D eigenvalue weighted by atomic mass is 10.1. The monoisotopic (exact) mass is 167 g/mol. The normalized spacial score (nSPS) is 13.2. The Kier molecular flexibility index (Phi) is 3.35. The van der Waals surface area contributed by atoms with Gasteiger partial charge in [-0.05, 0) is 38.3 Å². The molecule has 12 heavy (non-hydrogen) atoms. The van der Waals surface area contributed by atoms with E-state index in [0.29, 0.717) is 0 Å². The average molecular weight is 167 g/mol. The van der Waals surface area contributed by atoms with Crippen LogP contribution >= 0.6 is 0 Å². The molecular formula is C10H17NO. The summed E-state index contributed by atoms with van der Waals surface area (Å²) in [5.41, 5.74) is 1.32. The second-order valence-electron chi connectivity index (χ2n) is 3.24. The van der Waals surface area contributed by atoms with Crippen molar-refractivity contribution in [2.45, 2.75) is 39.3 Å². The number of hydrogen-bond acceptors (Lipinski definition) is 1. The predicted octanol–water partition coefficient (Wildman–Crippen LogP) is 1.82. The first-order valence-corrected chi connectivity index (χ1v) is 4.55. The third-order valence-electron chi connectivity index (χ3n) is 2.03. The summed E-state index contributed by atoms with van der Waals surface area (Å²) in [7, 11) is 0. The highest BCUT2D eigenvalue weighted by Gasteiger charge is 1.98. The molecule has 0 amide bonds. The molecule has 0 saturated carbocycles. The molecule has 0 spiro atoms. The summed E-state index contributed by atoms with van der Waals surface area (Å²) < 4.78 is 2.15. The maximum atomic E-state index is 9.07. The summed E-state index contributed by atoms with van der Waals surface area (Å²) in [4.78, 5) is 0. The highest BCUT2D eigenvalue weighted by atomic mass is 16.3. The zero-order valence-corrected chi connectivity index (χ0v) is 7.83. The van der Waals surface area contributed by atoms with E-state index in [9.17, 15) is 0 Å². The number of aliphatic hydroxyl groups excluding tert-OH is 1. The summed E-state index contributed by atoms with van der Waals surface area (Å²) in [6, 6.07) is 2.12. The largest absolute Gasteiger partial charge is 0.393 e. The Bertz CT molecular complexity index is 227. The van der Waals surface area contributed by atoms with E-state index in [0.717, 1.165) is 19.4 Å². The predicted molar refractivity (Wildman–Crippen MR) is 50.1 cm³/mol. The van der Waals surface area contributed by atoms with Crippen LogP contribution in [0.3, 0.4) is 0 Å². The second kappa shape index (κ2) is 4.31. The van der Waals surface area contributed by atoms with Crippen molar-refractivity contribution in [3.8, 4) is 0 Å². The third-order valence-corrected chi connectivity index (χ3v) is 2.03. The lowest BCUT2D eigenvalue weighted by Crippen LogP contribution is -2.00. The van der Waals surface area contributed by atoms with Crippen LogP contribution in [0.25, 0.3) is 0 Å². The van der Waals surface area contributed by atoms with E-state index in [2.05, 4.69) is 30.0 Å². The molecule has 0 aliphatic rings. The summed E-state index contributed by atoms with van der Waals surface area (Å²) in [5.74, 6) is 0. The molecule has 1 aromatic rings. The fraction of sp³-hybridized carbons (Fsp3) is 0.600. The molecule has 1 unspecified atom stereocenters. The van der Waals surface area contributed by atoms with Crippen LogP contribution in [0.4, 0.5) is 0 Å². The van der Waals surface area contributed by atoms with Gasteiger partial charge in [0, 0.05) is 18.9 Å². The minimum Gasteiger partial charge on any atom is -0.393 e. The van der Waals surface area contributed by atoms with Gasteiger partial charge >= 0.3 is 0 Å². The summed E-state index contributed by atoms with van der Waals surface area (Å²) in [5, 5.41) is 9.07. The smallest absolute Gasteiger partial charge is 0.0515 e. The molecule has 1 atom stereocenters. The van der Waals surface area contributed by atoms with Gasteiger partial charge in [0.15, 0.2) is 0 Å². The van der Waals surface area contributed by atoms with Gasteiger partial charge in [0.25, 0.3) is 0 Å². The summed E-state index contributed by atoms with van der Waals surface area (Å²) in [6.45, 7) is 4.98. The molecule has 0 radical (unpaired) electrons. The third kappa shape index (κ3) is 2.70. The van der Waals surface area contributed by atoms with Crippen LogP contribution in [0.5, 0.6) is 0 Å². The Morgan fingerprint density at radius 1 is 1.58 bits per heavy atom. The molecule has 0 bridgehead atoms. The second-order valence-corrected chi connectivity index (χ2v) is 3.24. The zero-order valence-electron chi connectivity index (χ0n) is 7.83. The van der Waals surface area contributed by atoms with E-state index < -0.39 is 0 Å². The molecule has 0 fully saturated rings. The van der Waals surface area contributed by atoms with Crippen LogP contribution in [-0.4, -0.2) is 15.8 Å². The molecule has 68 valence electrons. The fourth-order valence-electron chi connectivity index (χ4n) is 1.21. The number of rotatable bonds is 4. The molecular weight excluding hydrogens is 150 g/mol. The quantitative estimate of drug-likeness (QED) is 0.727. The van der Waals surface area contributed by atoms with Crippen molar-refractivity contribution in [1.82, 2.24) is 4.57 Å². The molecule has 2 heteroatoms. The first kappa shape index (κ1) is 9.33. The zero-order chi connectivity index (χ0) is 8.97. The van der Waals surface area contributed by atoms with Gasteiger partial charge in [0.1, 0.15) is 0 Å². The van der Waals surface area contributed by atoms with Gasteiger partial charge < -0.3 is 9.67 Å². The SMILES string of the molecule is CCn1ccc(CCC(C)O)c1. The summed E-state index contributed by atoms with van der Waals surface area (Å²) >= 11 is 0. The van der Waals surface area contributed by atoms with Crippen LogP contribution in [0.1, 0.15) is 25.8 Å². The van der Waals surface area contributed by atoms with E-state index in [-0.39, 0.29) is 6.10 Å². The van der Waals surface area contributed by atoms with Crippen molar-refractivity contribution in [2.75, 3.05) is 0 Å². The topological polar surface area (TPSA) is 25.2 Å². The van der Waals surface area contributed by atoms with Crippen molar-refractivity contribution in [1.29, 1.82) is 0 Å². The standard InChI is InChI=1S/C10H17NO/c1-3-11-7-6-10(8-11)5-4-9(2)12/h6-9,12H,3-5H2,1-2H3. The van der Waals surface area contributed by atoms with Crippen molar-refractivity contribution in [2.24, 2.45) is 0 Å².